The highest BCUT2D eigenvalue weighted by Gasteiger charge is 2.31. The van der Waals surface area contributed by atoms with Gasteiger partial charge in [0.1, 0.15) is 6.33 Å². The highest BCUT2D eigenvalue weighted by molar-refractivity contribution is 9.10. The van der Waals surface area contributed by atoms with E-state index in [9.17, 15) is 13.2 Å². The molecule has 27 heavy (non-hydrogen) atoms. The Morgan fingerprint density at radius 2 is 2.00 bits per heavy atom. The normalized spacial score (nSPS) is 16.3. The first-order valence-corrected chi connectivity index (χ1v) is 11.7. The molecule has 8 nitrogen and oxygen atoms in total. The van der Waals surface area contributed by atoms with Gasteiger partial charge in [-0.2, -0.15) is 9.40 Å². The van der Waals surface area contributed by atoms with E-state index in [2.05, 4.69) is 36.4 Å². The van der Waals surface area contributed by atoms with Crippen LogP contribution in [0.1, 0.15) is 12.8 Å². The molecule has 0 aliphatic carbocycles. The van der Waals surface area contributed by atoms with Gasteiger partial charge >= 0.3 is 0 Å². The number of aromatic nitrogens is 3. The number of carbonyl (C=O) groups excluding carboxylic acids is 1. The zero-order valence-corrected chi connectivity index (χ0v) is 17.7. The van der Waals surface area contributed by atoms with Gasteiger partial charge in [-0.15, -0.1) is 0 Å². The van der Waals surface area contributed by atoms with Gasteiger partial charge in [0, 0.05) is 35.8 Å². The molecule has 11 heteroatoms. The number of sulfonamides is 1. The third-order valence-electron chi connectivity index (χ3n) is 4.31. The largest absolute Gasteiger partial charge is 0.355 e. The molecule has 0 unspecified atom stereocenters. The van der Waals surface area contributed by atoms with E-state index >= 15 is 0 Å². The minimum atomic E-state index is -3.51. The Labute approximate surface area is 170 Å². The van der Waals surface area contributed by atoms with Gasteiger partial charge in [-0.25, -0.2) is 13.4 Å². The Kier molecular flexibility index (Phi) is 6.90. The van der Waals surface area contributed by atoms with Crippen molar-refractivity contribution in [2.45, 2.75) is 22.9 Å². The molecule has 2 N–H and O–H groups in total. The summed E-state index contributed by atoms with van der Waals surface area (Å²) in [4.78, 5) is 16.6. The van der Waals surface area contributed by atoms with Gasteiger partial charge in [0.15, 0.2) is 5.16 Å². The Morgan fingerprint density at radius 1 is 1.30 bits per heavy atom. The van der Waals surface area contributed by atoms with E-state index in [0.717, 1.165) is 9.63 Å². The van der Waals surface area contributed by atoms with E-state index in [4.69, 9.17) is 0 Å². The van der Waals surface area contributed by atoms with Crippen LogP contribution in [0.4, 0.5) is 0 Å². The first kappa shape index (κ1) is 20.3. The van der Waals surface area contributed by atoms with E-state index in [0.29, 0.717) is 38.2 Å². The molecule has 1 aromatic carbocycles. The predicted octanol–water partition coefficient (Wildman–Crippen LogP) is 1.88. The summed E-state index contributed by atoms with van der Waals surface area (Å²) < 4.78 is 27.7. The average Bonchev–Trinajstić information content (AvgIpc) is 3.19. The summed E-state index contributed by atoms with van der Waals surface area (Å²) in [5.41, 5.74) is 0. The molecule has 0 saturated carbocycles. The van der Waals surface area contributed by atoms with Gasteiger partial charge in [0.25, 0.3) is 0 Å². The second-order valence-corrected chi connectivity index (χ2v) is 10.00. The lowest BCUT2D eigenvalue weighted by Crippen LogP contribution is -2.43. The number of nitrogens with zero attached hydrogens (tertiary/aromatic N) is 3. The summed E-state index contributed by atoms with van der Waals surface area (Å²) in [6.45, 7) is 1.23. The number of amides is 1. The van der Waals surface area contributed by atoms with Gasteiger partial charge in [-0.05, 0) is 37.1 Å². The Balaban J connectivity index is 1.45. The summed E-state index contributed by atoms with van der Waals surface area (Å²) in [6, 6.07) is 6.60. The number of hydrogen-bond donors (Lipinski definition) is 2. The van der Waals surface area contributed by atoms with E-state index in [-0.39, 0.29) is 16.7 Å². The van der Waals surface area contributed by atoms with Crippen molar-refractivity contribution in [3.05, 3.63) is 35.1 Å². The fourth-order valence-corrected chi connectivity index (χ4v) is 5.21. The number of halogens is 1. The lowest BCUT2D eigenvalue weighted by Gasteiger charge is -2.30. The second-order valence-electron chi connectivity index (χ2n) is 6.06. The SMILES string of the molecule is O=C(NCCSc1ncn[nH]1)C1CCN(S(=O)(=O)c2ccc(Br)cc2)CC1. The maximum atomic E-state index is 12.7. The van der Waals surface area contributed by atoms with Crippen molar-refractivity contribution >= 4 is 43.6 Å². The smallest absolute Gasteiger partial charge is 0.243 e. The van der Waals surface area contributed by atoms with Gasteiger partial charge in [-0.3, -0.25) is 9.89 Å². The van der Waals surface area contributed by atoms with Crippen LogP contribution in [-0.2, 0) is 14.8 Å². The Morgan fingerprint density at radius 3 is 2.63 bits per heavy atom. The van der Waals surface area contributed by atoms with Crippen LogP contribution < -0.4 is 5.32 Å². The predicted molar refractivity (Wildman–Crippen MR) is 106 cm³/mol. The quantitative estimate of drug-likeness (QED) is 0.469. The van der Waals surface area contributed by atoms with Crippen LogP contribution in [0, 0.1) is 5.92 Å². The molecule has 2 heterocycles. The maximum Gasteiger partial charge on any atom is 0.243 e. The van der Waals surface area contributed by atoms with Crippen LogP contribution in [0.5, 0.6) is 0 Å². The van der Waals surface area contributed by atoms with Gasteiger partial charge < -0.3 is 5.32 Å². The van der Waals surface area contributed by atoms with Crippen molar-refractivity contribution in [3.8, 4) is 0 Å². The van der Waals surface area contributed by atoms with Crippen molar-refractivity contribution in [1.82, 2.24) is 24.8 Å². The number of benzene rings is 1. The summed E-state index contributed by atoms with van der Waals surface area (Å²) in [6.07, 6.45) is 2.49. The number of hydrogen-bond acceptors (Lipinski definition) is 6. The number of rotatable bonds is 7. The molecule has 1 aliphatic heterocycles. The minimum absolute atomic E-state index is 0.0196. The lowest BCUT2D eigenvalue weighted by atomic mass is 9.97. The number of piperidine rings is 1. The van der Waals surface area contributed by atoms with E-state index < -0.39 is 10.0 Å². The molecular formula is C16H20BrN5O3S2. The molecule has 2 aromatic rings. The molecule has 1 saturated heterocycles. The highest BCUT2D eigenvalue weighted by Crippen LogP contribution is 2.25. The fourth-order valence-electron chi connectivity index (χ4n) is 2.84. The third kappa shape index (κ3) is 5.31. The van der Waals surface area contributed by atoms with Gasteiger partial charge in [0.2, 0.25) is 15.9 Å². The van der Waals surface area contributed by atoms with Crippen LogP contribution >= 0.6 is 27.7 Å². The topological polar surface area (TPSA) is 108 Å². The summed E-state index contributed by atoms with van der Waals surface area (Å²) in [7, 11) is -3.51. The monoisotopic (exact) mass is 473 g/mol. The van der Waals surface area contributed by atoms with Crippen LogP contribution in [-0.4, -0.2) is 59.2 Å². The standard InChI is InChI=1S/C16H20BrN5O3S2/c17-13-1-3-14(4-2-13)27(24,25)22-8-5-12(6-9-22)15(23)18-7-10-26-16-19-11-20-21-16/h1-4,11-12H,5-10H2,(H,18,23)(H,19,20,21). The van der Waals surface area contributed by atoms with E-state index in [1.807, 2.05) is 0 Å². The van der Waals surface area contributed by atoms with Crippen LogP contribution in [0.3, 0.4) is 0 Å². The minimum Gasteiger partial charge on any atom is -0.355 e. The molecule has 1 aromatic heterocycles. The zero-order chi connectivity index (χ0) is 19.3. The van der Waals surface area contributed by atoms with Gasteiger partial charge in [-0.1, -0.05) is 27.7 Å². The highest BCUT2D eigenvalue weighted by atomic mass is 79.9. The molecule has 1 aliphatic rings. The van der Waals surface area contributed by atoms with E-state index in [1.165, 1.54) is 22.4 Å². The van der Waals surface area contributed by atoms with Crippen LogP contribution in [0.15, 0.2) is 45.1 Å². The molecule has 0 radical (unpaired) electrons. The van der Waals surface area contributed by atoms with Crippen molar-refractivity contribution in [1.29, 1.82) is 0 Å². The maximum absolute atomic E-state index is 12.7. The summed E-state index contributed by atoms with van der Waals surface area (Å²) in [5.74, 6) is 0.517. The fraction of sp³-hybridized carbons (Fsp3) is 0.438. The van der Waals surface area contributed by atoms with Crippen molar-refractivity contribution in [2.75, 3.05) is 25.4 Å². The molecule has 0 spiro atoms. The number of aromatic amines is 1. The first-order valence-electron chi connectivity index (χ1n) is 8.48. The van der Waals surface area contributed by atoms with Crippen LogP contribution in [0.25, 0.3) is 0 Å². The summed E-state index contributed by atoms with van der Waals surface area (Å²) in [5, 5.41) is 10.1. The van der Waals surface area contributed by atoms with Crippen molar-refractivity contribution in [2.24, 2.45) is 5.92 Å². The van der Waals surface area contributed by atoms with Crippen molar-refractivity contribution in [3.63, 3.8) is 0 Å². The molecule has 146 valence electrons. The van der Waals surface area contributed by atoms with E-state index in [1.54, 1.807) is 24.3 Å². The molecule has 0 atom stereocenters. The summed E-state index contributed by atoms with van der Waals surface area (Å²) >= 11 is 4.79. The second kappa shape index (κ2) is 9.18. The third-order valence-corrected chi connectivity index (χ3v) is 7.63. The Hall–Kier alpha value is -1.43. The lowest BCUT2D eigenvalue weighted by molar-refractivity contribution is -0.125. The number of carbonyl (C=O) groups is 1. The molecule has 1 fully saturated rings. The number of thioether (sulfide) groups is 1. The first-order chi connectivity index (χ1) is 13.0. The molecular weight excluding hydrogens is 454 g/mol. The van der Waals surface area contributed by atoms with Crippen LogP contribution in [0.2, 0.25) is 0 Å². The molecule has 0 bridgehead atoms. The Bertz CT molecular complexity index is 851. The number of H-pyrrole nitrogens is 1. The van der Waals surface area contributed by atoms with Crippen molar-refractivity contribution < 1.29 is 13.2 Å². The van der Waals surface area contributed by atoms with Gasteiger partial charge in [0.05, 0.1) is 4.90 Å². The number of nitrogens with one attached hydrogen (secondary N) is 2. The zero-order valence-electron chi connectivity index (χ0n) is 14.5. The average molecular weight is 474 g/mol. The molecule has 1 amide bonds. The molecule has 3 rings (SSSR count).